The van der Waals surface area contributed by atoms with Crippen molar-refractivity contribution < 1.29 is 18.7 Å². The molecular weight excluding hydrogens is 441 g/mol. The van der Waals surface area contributed by atoms with E-state index in [1.807, 2.05) is 6.07 Å². The van der Waals surface area contributed by atoms with E-state index in [4.69, 9.17) is 4.74 Å². The number of halogens is 1. The molecule has 2 aromatic carbocycles. The van der Waals surface area contributed by atoms with Gasteiger partial charge >= 0.3 is 17.7 Å². The van der Waals surface area contributed by atoms with Gasteiger partial charge in [0.25, 0.3) is 0 Å². The lowest BCUT2D eigenvalue weighted by atomic mass is 9.96. The fourth-order valence-electron chi connectivity index (χ4n) is 4.36. The summed E-state index contributed by atoms with van der Waals surface area (Å²) in [6.07, 6.45) is 1.25. The van der Waals surface area contributed by atoms with Gasteiger partial charge in [-0.3, -0.25) is 13.9 Å². The molecule has 0 atom stereocenters. The summed E-state index contributed by atoms with van der Waals surface area (Å²) in [7, 11) is 3.37. The van der Waals surface area contributed by atoms with E-state index in [-0.39, 0.29) is 17.6 Å². The molecule has 1 aromatic heterocycles. The van der Waals surface area contributed by atoms with Crippen LogP contribution in [0.5, 0.6) is 0 Å². The minimum atomic E-state index is -0.534. The SMILES string of the molecule is CCOC(=O)C1CCN(c2cc3c(cc2NC(=O)Nc2cccc(F)c2)n(C)c(=O)n3C)CC1. The lowest BCUT2D eigenvalue weighted by Gasteiger charge is -2.34. The molecule has 2 heterocycles. The third-order valence-corrected chi connectivity index (χ3v) is 6.18. The van der Waals surface area contributed by atoms with E-state index in [0.29, 0.717) is 49.4 Å². The van der Waals surface area contributed by atoms with Crippen molar-refractivity contribution in [2.75, 3.05) is 35.2 Å². The number of nitrogens with one attached hydrogen (secondary N) is 2. The van der Waals surface area contributed by atoms with Crippen molar-refractivity contribution in [2.45, 2.75) is 19.8 Å². The number of rotatable bonds is 5. The number of anilines is 3. The van der Waals surface area contributed by atoms with Gasteiger partial charge in [0.15, 0.2) is 0 Å². The predicted molar refractivity (Wildman–Crippen MR) is 129 cm³/mol. The van der Waals surface area contributed by atoms with Crippen LogP contribution in [0.4, 0.5) is 26.2 Å². The first-order chi connectivity index (χ1) is 16.3. The summed E-state index contributed by atoms with van der Waals surface area (Å²) in [6.45, 7) is 3.33. The largest absolute Gasteiger partial charge is 0.466 e. The molecule has 2 N–H and O–H groups in total. The second kappa shape index (κ2) is 9.58. The van der Waals surface area contributed by atoms with Crippen molar-refractivity contribution in [3.05, 3.63) is 52.7 Å². The number of carbonyl (C=O) groups excluding carboxylic acids is 2. The van der Waals surface area contributed by atoms with Crippen LogP contribution >= 0.6 is 0 Å². The Morgan fingerprint density at radius 3 is 2.38 bits per heavy atom. The zero-order chi connectivity index (χ0) is 24.4. The summed E-state index contributed by atoms with van der Waals surface area (Å²) in [5, 5.41) is 5.48. The molecule has 1 fully saturated rings. The van der Waals surface area contributed by atoms with Crippen molar-refractivity contribution in [3.8, 4) is 0 Å². The van der Waals surface area contributed by atoms with E-state index in [9.17, 15) is 18.8 Å². The minimum Gasteiger partial charge on any atom is -0.466 e. The first-order valence-electron chi connectivity index (χ1n) is 11.2. The maximum absolute atomic E-state index is 13.5. The maximum Gasteiger partial charge on any atom is 0.328 e. The molecule has 1 saturated heterocycles. The highest BCUT2D eigenvalue weighted by atomic mass is 19.1. The van der Waals surface area contributed by atoms with Crippen molar-refractivity contribution in [2.24, 2.45) is 20.0 Å². The Kier molecular flexibility index (Phi) is 6.58. The van der Waals surface area contributed by atoms with Crippen LogP contribution in [-0.4, -0.2) is 40.8 Å². The highest BCUT2D eigenvalue weighted by Crippen LogP contribution is 2.34. The van der Waals surface area contributed by atoms with E-state index in [1.54, 1.807) is 37.7 Å². The Balaban J connectivity index is 1.64. The fraction of sp³-hybridized carbons (Fsp3) is 0.375. The number of urea groups is 1. The summed E-state index contributed by atoms with van der Waals surface area (Å²) in [5.74, 6) is -0.798. The van der Waals surface area contributed by atoms with Gasteiger partial charge in [-0.05, 0) is 50.1 Å². The van der Waals surface area contributed by atoms with E-state index in [1.165, 1.54) is 22.8 Å². The van der Waals surface area contributed by atoms with Gasteiger partial charge in [-0.25, -0.2) is 14.0 Å². The number of nitrogens with zero attached hydrogens (tertiary/aromatic N) is 3. The second-order valence-electron chi connectivity index (χ2n) is 8.36. The smallest absolute Gasteiger partial charge is 0.328 e. The van der Waals surface area contributed by atoms with Gasteiger partial charge in [-0.2, -0.15) is 0 Å². The Hall–Kier alpha value is -3.82. The first kappa shape index (κ1) is 23.3. The van der Waals surface area contributed by atoms with Gasteiger partial charge in [-0.15, -0.1) is 0 Å². The highest BCUT2D eigenvalue weighted by molar-refractivity contribution is 6.04. The predicted octanol–water partition coefficient (Wildman–Crippen LogP) is 3.44. The number of fused-ring (bicyclic) bond motifs is 1. The molecule has 3 aromatic rings. The zero-order valence-corrected chi connectivity index (χ0v) is 19.4. The van der Waals surface area contributed by atoms with Crippen molar-refractivity contribution in [1.82, 2.24) is 9.13 Å². The summed E-state index contributed by atoms with van der Waals surface area (Å²) in [5.41, 5.74) is 2.79. The molecule has 0 unspecified atom stereocenters. The normalized spacial score (nSPS) is 14.3. The molecule has 1 aliphatic heterocycles. The molecule has 0 bridgehead atoms. The lowest BCUT2D eigenvalue weighted by molar-refractivity contribution is -0.148. The average molecular weight is 470 g/mol. The Labute approximate surface area is 196 Å². The van der Waals surface area contributed by atoms with Gasteiger partial charge in [0, 0.05) is 32.9 Å². The summed E-state index contributed by atoms with van der Waals surface area (Å²) in [6, 6.07) is 8.72. The second-order valence-corrected chi connectivity index (χ2v) is 8.36. The number of hydrogen-bond acceptors (Lipinski definition) is 5. The van der Waals surface area contributed by atoms with Crippen LogP contribution in [0.3, 0.4) is 0 Å². The van der Waals surface area contributed by atoms with Crippen LogP contribution in [0.25, 0.3) is 11.0 Å². The number of piperidine rings is 1. The van der Waals surface area contributed by atoms with E-state index in [2.05, 4.69) is 15.5 Å². The van der Waals surface area contributed by atoms with Gasteiger partial charge in [0.2, 0.25) is 0 Å². The van der Waals surface area contributed by atoms with Crippen LogP contribution in [0.1, 0.15) is 19.8 Å². The topological polar surface area (TPSA) is 97.6 Å². The third kappa shape index (κ3) is 4.61. The molecule has 10 heteroatoms. The molecule has 34 heavy (non-hydrogen) atoms. The van der Waals surface area contributed by atoms with E-state index in [0.717, 1.165) is 11.2 Å². The average Bonchev–Trinajstić information content (AvgIpc) is 3.02. The zero-order valence-electron chi connectivity index (χ0n) is 19.4. The van der Waals surface area contributed by atoms with Gasteiger partial charge in [0.1, 0.15) is 5.82 Å². The van der Waals surface area contributed by atoms with Crippen LogP contribution in [0.15, 0.2) is 41.2 Å². The number of amides is 2. The molecular formula is C24H28FN5O4. The molecule has 0 saturated carbocycles. The van der Waals surface area contributed by atoms with Crippen molar-refractivity contribution in [1.29, 1.82) is 0 Å². The number of benzene rings is 2. The number of aromatic nitrogens is 2. The first-order valence-corrected chi connectivity index (χ1v) is 11.2. The highest BCUT2D eigenvalue weighted by Gasteiger charge is 2.28. The Bertz CT molecular complexity index is 1290. The maximum atomic E-state index is 13.5. The minimum absolute atomic E-state index is 0.159. The molecule has 4 rings (SSSR count). The number of ether oxygens (including phenoxy) is 1. The van der Waals surface area contributed by atoms with Crippen molar-refractivity contribution >= 4 is 40.1 Å². The van der Waals surface area contributed by atoms with Crippen molar-refractivity contribution in [3.63, 3.8) is 0 Å². The third-order valence-electron chi connectivity index (χ3n) is 6.18. The molecule has 9 nitrogen and oxygen atoms in total. The van der Waals surface area contributed by atoms with Gasteiger partial charge < -0.3 is 20.3 Å². The molecule has 2 amide bonds. The Morgan fingerprint density at radius 1 is 1.06 bits per heavy atom. The quantitative estimate of drug-likeness (QED) is 0.558. The molecule has 0 radical (unpaired) electrons. The van der Waals surface area contributed by atoms with Crippen LogP contribution in [0, 0.1) is 11.7 Å². The summed E-state index contributed by atoms with van der Waals surface area (Å²) >= 11 is 0. The van der Waals surface area contributed by atoms with Crippen LogP contribution in [0.2, 0.25) is 0 Å². The molecule has 1 aliphatic rings. The fourth-order valence-corrected chi connectivity index (χ4v) is 4.36. The number of hydrogen-bond donors (Lipinski definition) is 2. The number of esters is 1. The number of carbonyl (C=O) groups is 2. The van der Waals surface area contributed by atoms with Gasteiger partial charge in [0.05, 0.1) is 34.9 Å². The summed E-state index contributed by atoms with van der Waals surface area (Å²) < 4.78 is 21.7. The molecule has 0 aliphatic carbocycles. The monoisotopic (exact) mass is 469 g/mol. The van der Waals surface area contributed by atoms with E-state index >= 15 is 0 Å². The summed E-state index contributed by atoms with van der Waals surface area (Å²) in [4.78, 5) is 39.4. The standard InChI is InChI=1S/C24H28FN5O4/c1-4-34-22(31)15-8-10-30(11-9-15)19-14-21-20(28(2)24(33)29(21)3)13-18(19)27-23(32)26-17-7-5-6-16(25)12-17/h5-7,12-15H,4,8-11H2,1-3H3,(H2,26,27,32). The van der Waals surface area contributed by atoms with Gasteiger partial charge in [-0.1, -0.05) is 6.07 Å². The number of imidazole rings is 1. The van der Waals surface area contributed by atoms with E-state index < -0.39 is 11.8 Å². The molecule has 0 spiro atoms. The lowest BCUT2D eigenvalue weighted by Crippen LogP contribution is -2.37. The van der Waals surface area contributed by atoms with Crippen LogP contribution < -0.4 is 21.2 Å². The number of aryl methyl sites for hydroxylation is 2. The Morgan fingerprint density at radius 2 is 1.74 bits per heavy atom. The van der Waals surface area contributed by atoms with Crippen LogP contribution in [-0.2, 0) is 23.6 Å². The molecule has 180 valence electrons.